The molecule has 0 radical (unpaired) electrons. The summed E-state index contributed by atoms with van der Waals surface area (Å²) in [6.45, 7) is 2.24. The molecule has 0 amide bonds. The van der Waals surface area contributed by atoms with E-state index in [0.717, 1.165) is 37.4 Å². The number of aromatic nitrogens is 1. The molecular weight excluding hydrogens is 214 g/mol. The Kier molecular flexibility index (Phi) is 4.57. The zero-order chi connectivity index (χ0) is 12.1. The van der Waals surface area contributed by atoms with Crippen molar-refractivity contribution in [3.05, 3.63) is 17.8 Å². The fraction of sp³-hybridized carbons (Fsp3) is 0.769. The Labute approximate surface area is 103 Å². The van der Waals surface area contributed by atoms with Crippen LogP contribution in [0.5, 0.6) is 0 Å². The van der Waals surface area contributed by atoms with Gasteiger partial charge in [-0.25, -0.2) is 4.98 Å². The minimum atomic E-state index is 0.624. The predicted molar refractivity (Wildman–Crippen MR) is 68.1 cm³/mol. The second-order valence-electron chi connectivity index (χ2n) is 4.92. The first-order chi connectivity index (χ1) is 8.29. The van der Waals surface area contributed by atoms with Gasteiger partial charge in [0.25, 0.3) is 0 Å². The molecule has 1 atom stereocenters. The van der Waals surface area contributed by atoms with E-state index in [0.29, 0.717) is 6.04 Å². The number of aryl methyl sites for hydroxylation is 1. The lowest BCUT2D eigenvalue weighted by atomic mass is 10.1. The van der Waals surface area contributed by atoms with E-state index in [-0.39, 0.29) is 0 Å². The third-order valence-electron chi connectivity index (χ3n) is 3.54. The summed E-state index contributed by atoms with van der Waals surface area (Å²) in [5.74, 6) is 0.906. The Hall–Kier alpha value is -0.870. The predicted octanol–water partition coefficient (Wildman–Crippen LogP) is 1.46. The van der Waals surface area contributed by atoms with Crippen LogP contribution in [0.4, 0.5) is 0 Å². The van der Waals surface area contributed by atoms with Crippen LogP contribution in [0, 0.1) is 0 Å². The standard InChI is InChI=1S/C13H23N3O/c1-14-7-3-5-11-10-17-13(15-11)9-12-6-4-8-16(12)2/h10,12,14H,3-9H2,1-2H3. The molecule has 2 rings (SSSR count). The van der Waals surface area contributed by atoms with Gasteiger partial charge in [0, 0.05) is 12.5 Å². The molecule has 96 valence electrons. The summed E-state index contributed by atoms with van der Waals surface area (Å²) in [6.07, 6.45) is 7.48. The number of oxazole rings is 1. The molecule has 1 aromatic heterocycles. The molecule has 1 aliphatic rings. The quantitative estimate of drug-likeness (QED) is 0.761. The van der Waals surface area contributed by atoms with E-state index in [9.17, 15) is 0 Å². The van der Waals surface area contributed by atoms with E-state index >= 15 is 0 Å². The molecule has 1 unspecified atom stereocenters. The summed E-state index contributed by atoms with van der Waals surface area (Å²) in [6, 6.07) is 0.624. The topological polar surface area (TPSA) is 41.3 Å². The van der Waals surface area contributed by atoms with Gasteiger partial charge >= 0.3 is 0 Å². The highest BCUT2D eigenvalue weighted by Gasteiger charge is 2.22. The van der Waals surface area contributed by atoms with E-state index in [1.807, 2.05) is 13.3 Å². The minimum absolute atomic E-state index is 0.624. The number of hydrogen-bond acceptors (Lipinski definition) is 4. The van der Waals surface area contributed by atoms with Crippen molar-refractivity contribution in [1.82, 2.24) is 15.2 Å². The third kappa shape index (κ3) is 3.54. The Morgan fingerprint density at radius 1 is 1.59 bits per heavy atom. The van der Waals surface area contributed by atoms with Gasteiger partial charge in [-0.15, -0.1) is 0 Å². The first-order valence-corrected chi connectivity index (χ1v) is 6.57. The van der Waals surface area contributed by atoms with Crippen LogP contribution >= 0.6 is 0 Å². The van der Waals surface area contributed by atoms with Gasteiger partial charge in [-0.1, -0.05) is 0 Å². The van der Waals surface area contributed by atoms with E-state index in [4.69, 9.17) is 4.42 Å². The maximum absolute atomic E-state index is 5.55. The van der Waals surface area contributed by atoms with Gasteiger partial charge in [0.2, 0.25) is 0 Å². The van der Waals surface area contributed by atoms with Crippen molar-refractivity contribution in [2.75, 3.05) is 27.2 Å². The molecule has 0 aliphatic carbocycles. The molecule has 0 aromatic carbocycles. The van der Waals surface area contributed by atoms with Crippen molar-refractivity contribution in [3.63, 3.8) is 0 Å². The van der Waals surface area contributed by atoms with Crippen molar-refractivity contribution in [2.45, 2.75) is 38.1 Å². The lowest BCUT2D eigenvalue weighted by molar-refractivity contribution is 0.292. The Morgan fingerprint density at radius 2 is 2.47 bits per heavy atom. The fourth-order valence-corrected chi connectivity index (χ4v) is 2.44. The molecule has 17 heavy (non-hydrogen) atoms. The molecule has 1 aromatic rings. The second kappa shape index (κ2) is 6.17. The van der Waals surface area contributed by atoms with Crippen LogP contribution < -0.4 is 5.32 Å². The summed E-state index contributed by atoms with van der Waals surface area (Å²) in [7, 11) is 4.17. The molecule has 4 nitrogen and oxygen atoms in total. The lowest BCUT2D eigenvalue weighted by Crippen LogP contribution is -2.26. The molecule has 0 saturated carbocycles. The minimum Gasteiger partial charge on any atom is -0.449 e. The Bertz CT molecular complexity index is 337. The summed E-state index contributed by atoms with van der Waals surface area (Å²) in [5, 5.41) is 3.14. The average molecular weight is 237 g/mol. The van der Waals surface area contributed by atoms with Crippen LogP contribution in [0.1, 0.15) is 30.8 Å². The molecule has 1 aliphatic heterocycles. The molecule has 4 heteroatoms. The number of likely N-dealkylation sites (N-methyl/N-ethyl adjacent to an activating group) is 1. The summed E-state index contributed by atoms with van der Waals surface area (Å²) < 4.78 is 5.55. The monoisotopic (exact) mass is 237 g/mol. The molecule has 1 N–H and O–H groups in total. The third-order valence-corrected chi connectivity index (χ3v) is 3.54. The van der Waals surface area contributed by atoms with E-state index < -0.39 is 0 Å². The first-order valence-electron chi connectivity index (χ1n) is 6.57. The first kappa shape index (κ1) is 12.6. The molecule has 1 fully saturated rings. The zero-order valence-electron chi connectivity index (χ0n) is 10.9. The highest BCUT2D eigenvalue weighted by Crippen LogP contribution is 2.19. The van der Waals surface area contributed by atoms with Crippen LogP contribution in [0.2, 0.25) is 0 Å². The lowest BCUT2D eigenvalue weighted by Gasteiger charge is -2.17. The summed E-state index contributed by atoms with van der Waals surface area (Å²) >= 11 is 0. The highest BCUT2D eigenvalue weighted by atomic mass is 16.3. The van der Waals surface area contributed by atoms with Crippen molar-refractivity contribution < 1.29 is 4.42 Å². The van der Waals surface area contributed by atoms with Crippen LogP contribution in [0.3, 0.4) is 0 Å². The van der Waals surface area contributed by atoms with E-state index in [2.05, 4.69) is 22.2 Å². The highest BCUT2D eigenvalue weighted by molar-refractivity contribution is 4.99. The number of nitrogens with one attached hydrogen (secondary N) is 1. The van der Waals surface area contributed by atoms with Crippen molar-refractivity contribution in [3.8, 4) is 0 Å². The maximum Gasteiger partial charge on any atom is 0.195 e. The maximum atomic E-state index is 5.55. The van der Waals surface area contributed by atoms with Crippen LogP contribution in [-0.2, 0) is 12.8 Å². The molecule has 0 bridgehead atoms. The second-order valence-corrected chi connectivity index (χ2v) is 4.92. The average Bonchev–Trinajstić information content (AvgIpc) is 2.91. The van der Waals surface area contributed by atoms with Gasteiger partial charge in [0.1, 0.15) is 6.26 Å². The van der Waals surface area contributed by atoms with Crippen molar-refractivity contribution >= 4 is 0 Å². The molecule has 0 spiro atoms. The van der Waals surface area contributed by atoms with Gasteiger partial charge in [-0.2, -0.15) is 0 Å². The number of nitrogens with zero attached hydrogens (tertiary/aromatic N) is 2. The Balaban J connectivity index is 1.81. The molecular formula is C13H23N3O. The van der Waals surface area contributed by atoms with Crippen molar-refractivity contribution in [2.24, 2.45) is 0 Å². The van der Waals surface area contributed by atoms with E-state index in [1.165, 1.54) is 19.4 Å². The normalized spacial score (nSPS) is 21.2. The smallest absolute Gasteiger partial charge is 0.195 e. The van der Waals surface area contributed by atoms with Crippen LogP contribution in [0.25, 0.3) is 0 Å². The van der Waals surface area contributed by atoms with Gasteiger partial charge in [-0.3, -0.25) is 0 Å². The van der Waals surface area contributed by atoms with Gasteiger partial charge < -0.3 is 14.6 Å². The zero-order valence-corrected chi connectivity index (χ0v) is 10.9. The summed E-state index contributed by atoms with van der Waals surface area (Å²) in [4.78, 5) is 6.97. The largest absolute Gasteiger partial charge is 0.449 e. The molecule has 2 heterocycles. The van der Waals surface area contributed by atoms with Gasteiger partial charge in [0.05, 0.1) is 5.69 Å². The number of hydrogen-bond donors (Lipinski definition) is 1. The van der Waals surface area contributed by atoms with Crippen LogP contribution in [-0.4, -0.2) is 43.1 Å². The van der Waals surface area contributed by atoms with Gasteiger partial charge in [-0.05, 0) is 52.9 Å². The SMILES string of the molecule is CNCCCc1coc(CC2CCCN2C)n1. The van der Waals surface area contributed by atoms with Gasteiger partial charge in [0.15, 0.2) is 5.89 Å². The van der Waals surface area contributed by atoms with Crippen LogP contribution in [0.15, 0.2) is 10.7 Å². The number of rotatable bonds is 6. The van der Waals surface area contributed by atoms with E-state index in [1.54, 1.807) is 0 Å². The fourth-order valence-electron chi connectivity index (χ4n) is 2.44. The van der Waals surface area contributed by atoms with Crippen molar-refractivity contribution in [1.29, 1.82) is 0 Å². The summed E-state index contributed by atoms with van der Waals surface area (Å²) in [5.41, 5.74) is 1.09. The molecule has 1 saturated heterocycles. The Morgan fingerprint density at radius 3 is 3.18 bits per heavy atom. The number of likely N-dealkylation sites (tertiary alicyclic amines) is 1.